The average molecular weight is 308 g/mol. The summed E-state index contributed by atoms with van der Waals surface area (Å²) in [5.41, 5.74) is 3.79. The first kappa shape index (κ1) is 16.3. The van der Waals surface area contributed by atoms with Crippen LogP contribution in [0.25, 0.3) is 11.0 Å². The Labute approximate surface area is 132 Å². The summed E-state index contributed by atoms with van der Waals surface area (Å²) in [4.78, 5) is 7.03. The van der Waals surface area contributed by atoms with Gasteiger partial charge in [-0.3, -0.25) is 0 Å². The minimum Gasteiger partial charge on any atom is -0.327 e. The van der Waals surface area contributed by atoms with Crippen molar-refractivity contribution in [2.75, 3.05) is 26.5 Å². The lowest BCUT2D eigenvalue weighted by atomic mass is 9.92. The van der Waals surface area contributed by atoms with Gasteiger partial charge in [0.1, 0.15) is 5.82 Å². The first-order chi connectivity index (χ1) is 9.84. The molecule has 0 fully saturated rings. The molecule has 0 radical (unpaired) electrons. The van der Waals surface area contributed by atoms with E-state index >= 15 is 0 Å². The maximum atomic E-state index is 5.97. The highest BCUT2D eigenvalue weighted by molar-refractivity contribution is 6.17. The third-order valence-electron chi connectivity index (χ3n) is 3.70. The smallest absolute Gasteiger partial charge is 0.111 e. The molecular weight excluding hydrogens is 282 g/mol. The van der Waals surface area contributed by atoms with Gasteiger partial charge in [-0.25, -0.2) is 4.98 Å². The number of nitrogens with zero attached hydrogens (tertiary/aromatic N) is 3. The van der Waals surface area contributed by atoms with Gasteiger partial charge < -0.3 is 9.47 Å². The number of hydrogen-bond donors (Lipinski definition) is 0. The van der Waals surface area contributed by atoms with Crippen molar-refractivity contribution in [2.45, 2.75) is 33.7 Å². The minimum absolute atomic E-state index is 0.181. The maximum Gasteiger partial charge on any atom is 0.111 e. The number of aromatic nitrogens is 2. The Kier molecular flexibility index (Phi) is 4.95. The largest absolute Gasteiger partial charge is 0.327 e. The zero-order valence-corrected chi connectivity index (χ0v) is 14.5. The number of rotatable bonds is 6. The second-order valence-corrected chi connectivity index (χ2v) is 7.28. The van der Waals surface area contributed by atoms with Crippen LogP contribution < -0.4 is 0 Å². The van der Waals surface area contributed by atoms with Crippen LogP contribution >= 0.6 is 11.6 Å². The second-order valence-electron chi connectivity index (χ2n) is 6.90. The molecule has 0 amide bonds. The lowest BCUT2D eigenvalue weighted by Crippen LogP contribution is -2.33. The molecule has 0 saturated carbocycles. The molecule has 0 aliphatic rings. The molecule has 116 valence electrons. The third kappa shape index (κ3) is 3.78. The van der Waals surface area contributed by atoms with Crippen LogP contribution in [0.2, 0.25) is 0 Å². The van der Waals surface area contributed by atoms with Crippen LogP contribution in [0, 0.1) is 12.3 Å². The van der Waals surface area contributed by atoms with Crippen LogP contribution in [0.4, 0.5) is 0 Å². The van der Waals surface area contributed by atoms with Gasteiger partial charge in [0.2, 0.25) is 0 Å². The fraction of sp³-hybridized carbons (Fsp3) is 0.588. The van der Waals surface area contributed by atoms with E-state index in [1.807, 2.05) is 0 Å². The summed E-state index contributed by atoms with van der Waals surface area (Å²) in [5, 5.41) is 0. The van der Waals surface area contributed by atoms with Crippen molar-refractivity contribution in [3.8, 4) is 0 Å². The molecule has 0 aliphatic carbocycles. The highest BCUT2D eigenvalue weighted by Crippen LogP contribution is 2.26. The Bertz CT molecular complexity index is 614. The summed E-state index contributed by atoms with van der Waals surface area (Å²) in [6, 6.07) is 6.32. The van der Waals surface area contributed by atoms with Crippen LogP contribution in [0.1, 0.15) is 25.2 Å². The Morgan fingerprint density at radius 1 is 1.29 bits per heavy atom. The minimum atomic E-state index is 0.181. The zero-order chi connectivity index (χ0) is 15.6. The van der Waals surface area contributed by atoms with Gasteiger partial charge in [-0.1, -0.05) is 26.0 Å². The van der Waals surface area contributed by atoms with E-state index in [1.165, 1.54) is 11.1 Å². The maximum absolute atomic E-state index is 5.97. The molecule has 2 rings (SSSR count). The van der Waals surface area contributed by atoms with Gasteiger partial charge in [0.15, 0.2) is 0 Å². The first-order valence-electron chi connectivity index (χ1n) is 7.49. The van der Waals surface area contributed by atoms with Gasteiger partial charge in [0.25, 0.3) is 0 Å². The lowest BCUT2D eigenvalue weighted by Gasteiger charge is -2.29. The summed E-state index contributed by atoms with van der Waals surface area (Å²) in [6.07, 6.45) is 0.813. The summed E-state index contributed by atoms with van der Waals surface area (Å²) < 4.78 is 2.37. The molecule has 0 spiro atoms. The molecule has 1 heterocycles. The predicted octanol–water partition coefficient (Wildman–Crippen LogP) is 3.71. The number of fused-ring (bicyclic) bond motifs is 1. The summed E-state index contributed by atoms with van der Waals surface area (Å²) >= 11 is 5.97. The van der Waals surface area contributed by atoms with E-state index in [1.54, 1.807) is 0 Å². The molecule has 0 saturated heterocycles. The van der Waals surface area contributed by atoms with Gasteiger partial charge in [0.05, 0.1) is 11.0 Å². The summed E-state index contributed by atoms with van der Waals surface area (Å²) in [5.74, 6) is 1.71. The van der Waals surface area contributed by atoms with E-state index in [4.69, 9.17) is 16.6 Å². The molecule has 1 aromatic carbocycles. The Morgan fingerprint density at radius 3 is 2.62 bits per heavy atom. The highest BCUT2D eigenvalue weighted by atomic mass is 35.5. The number of hydrogen-bond acceptors (Lipinski definition) is 2. The van der Waals surface area contributed by atoms with E-state index in [9.17, 15) is 0 Å². The summed E-state index contributed by atoms with van der Waals surface area (Å²) in [6.45, 7) is 8.77. The molecule has 0 N–H and O–H groups in total. The SMILES string of the molecule is Cc1cccc2nc(CCCl)n(CC(C)(C)CN(C)C)c12. The van der Waals surface area contributed by atoms with Crippen molar-refractivity contribution in [2.24, 2.45) is 5.41 Å². The first-order valence-corrected chi connectivity index (χ1v) is 8.03. The fourth-order valence-corrected chi connectivity index (χ4v) is 3.36. The third-order valence-corrected chi connectivity index (χ3v) is 3.88. The number of para-hydroxylation sites is 1. The van der Waals surface area contributed by atoms with E-state index < -0.39 is 0 Å². The molecule has 0 aliphatic heterocycles. The van der Waals surface area contributed by atoms with Gasteiger partial charge in [-0.2, -0.15) is 0 Å². The van der Waals surface area contributed by atoms with Crippen LogP contribution in [-0.4, -0.2) is 41.0 Å². The number of aryl methyl sites for hydroxylation is 2. The average Bonchev–Trinajstić information content (AvgIpc) is 2.67. The number of alkyl halides is 1. The van der Waals surface area contributed by atoms with Crippen molar-refractivity contribution in [1.29, 1.82) is 0 Å². The van der Waals surface area contributed by atoms with Gasteiger partial charge in [-0.05, 0) is 38.1 Å². The van der Waals surface area contributed by atoms with Crippen LogP contribution in [-0.2, 0) is 13.0 Å². The van der Waals surface area contributed by atoms with E-state index in [0.29, 0.717) is 5.88 Å². The number of halogens is 1. The van der Waals surface area contributed by atoms with E-state index in [0.717, 1.165) is 30.9 Å². The van der Waals surface area contributed by atoms with Crippen molar-refractivity contribution in [1.82, 2.24) is 14.5 Å². The van der Waals surface area contributed by atoms with Crippen molar-refractivity contribution in [3.63, 3.8) is 0 Å². The molecular formula is C17H26ClN3. The molecule has 1 aromatic heterocycles. The number of imidazole rings is 1. The highest BCUT2D eigenvalue weighted by Gasteiger charge is 2.23. The normalized spacial score (nSPS) is 12.5. The predicted molar refractivity (Wildman–Crippen MR) is 91.2 cm³/mol. The fourth-order valence-electron chi connectivity index (χ4n) is 3.19. The quantitative estimate of drug-likeness (QED) is 0.759. The molecule has 2 aromatic rings. The Balaban J connectivity index is 2.47. The molecule has 21 heavy (non-hydrogen) atoms. The van der Waals surface area contributed by atoms with Gasteiger partial charge >= 0.3 is 0 Å². The Hall–Kier alpha value is -1.06. The Morgan fingerprint density at radius 2 is 2.00 bits per heavy atom. The molecule has 4 heteroatoms. The molecule has 3 nitrogen and oxygen atoms in total. The number of benzene rings is 1. The van der Waals surface area contributed by atoms with Gasteiger partial charge in [-0.15, -0.1) is 11.6 Å². The molecule has 0 unspecified atom stereocenters. The topological polar surface area (TPSA) is 21.1 Å². The van der Waals surface area contributed by atoms with Crippen molar-refractivity contribution in [3.05, 3.63) is 29.6 Å². The second kappa shape index (κ2) is 6.37. The zero-order valence-electron chi connectivity index (χ0n) is 13.8. The summed E-state index contributed by atoms with van der Waals surface area (Å²) in [7, 11) is 4.25. The molecule has 0 bridgehead atoms. The standard InChI is InChI=1S/C17H26ClN3/c1-13-7-6-8-14-16(13)21(15(19-14)9-10-18)12-17(2,3)11-20(4)5/h6-8H,9-12H2,1-5H3. The van der Waals surface area contributed by atoms with Crippen LogP contribution in [0.3, 0.4) is 0 Å². The van der Waals surface area contributed by atoms with E-state index in [-0.39, 0.29) is 5.41 Å². The lowest BCUT2D eigenvalue weighted by molar-refractivity contribution is 0.211. The van der Waals surface area contributed by atoms with Crippen molar-refractivity contribution >= 4 is 22.6 Å². The van der Waals surface area contributed by atoms with Crippen LogP contribution in [0.5, 0.6) is 0 Å². The monoisotopic (exact) mass is 307 g/mol. The van der Waals surface area contributed by atoms with Gasteiger partial charge in [0, 0.05) is 25.4 Å². The molecule has 0 atom stereocenters. The van der Waals surface area contributed by atoms with Crippen molar-refractivity contribution < 1.29 is 0 Å². The van der Waals surface area contributed by atoms with E-state index in [2.05, 4.69) is 62.5 Å². The van der Waals surface area contributed by atoms with Crippen LogP contribution in [0.15, 0.2) is 18.2 Å².